The predicted molar refractivity (Wildman–Crippen MR) is 156 cm³/mol. The van der Waals surface area contributed by atoms with Gasteiger partial charge < -0.3 is 14.4 Å². The Morgan fingerprint density at radius 1 is 1.07 bits per heavy atom. The Hall–Kier alpha value is -3.66. The van der Waals surface area contributed by atoms with E-state index >= 15 is 0 Å². The van der Waals surface area contributed by atoms with E-state index in [4.69, 9.17) is 14.8 Å². The van der Waals surface area contributed by atoms with Gasteiger partial charge in [0.1, 0.15) is 23.4 Å². The summed E-state index contributed by atoms with van der Waals surface area (Å²) in [5.74, 6) is 1.09. The van der Waals surface area contributed by atoms with Gasteiger partial charge in [0.2, 0.25) is 10.0 Å². The molecule has 4 aromatic rings. The number of aliphatic hydroxyl groups excluding tert-OH is 1. The van der Waals surface area contributed by atoms with Crippen molar-refractivity contribution in [3.8, 4) is 23.1 Å². The van der Waals surface area contributed by atoms with Crippen LogP contribution in [-0.2, 0) is 30.5 Å². The van der Waals surface area contributed by atoms with E-state index in [0.29, 0.717) is 74.2 Å². The van der Waals surface area contributed by atoms with Crippen molar-refractivity contribution in [2.75, 3.05) is 45.9 Å². The first-order chi connectivity index (χ1) is 20.2. The SMILES string of the molecule is CCCOc1ccc(S(=O)(=O)N2CCN(CCO)CC2)cc1-c1nc2c(CCC)nn(-c3nncn3C)c2c(=O)n1C. The molecule has 1 aromatic carbocycles. The molecule has 1 aliphatic rings. The van der Waals surface area contributed by atoms with Gasteiger partial charge in [0.05, 0.1) is 29.4 Å². The fraction of sp³-hybridized carbons (Fsp3) is 0.519. The first-order valence-corrected chi connectivity index (χ1v) is 15.6. The molecule has 1 aliphatic heterocycles. The Labute approximate surface area is 244 Å². The summed E-state index contributed by atoms with van der Waals surface area (Å²) < 4.78 is 39.5. The third-order valence-electron chi connectivity index (χ3n) is 7.38. The molecular formula is C27H37N9O5S. The average molecular weight is 600 g/mol. The fourth-order valence-electron chi connectivity index (χ4n) is 5.13. The van der Waals surface area contributed by atoms with E-state index in [9.17, 15) is 18.3 Å². The van der Waals surface area contributed by atoms with Gasteiger partial charge in [-0.25, -0.2) is 13.4 Å². The molecule has 3 aromatic heterocycles. The highest BCUT2D eigenvalue weighted by Crippen LogP contribution is 2.33. The fourth-order valence-corrected chi connectivity index (χ4v) is 6.58. The lowest BCUT2D eigenvalue weighted by Gasteiger charge is -2.33. The van der Waals surface area contributed by atoms with Crippen molar-refractivity contribution in [3.63, 3.8) is 0 Å². The molecule has 15 heteroatoms. The number of aliphatic hydroxyl groups is 1. The van der Waals surface area contributed by atoms with Crippen LogP contribution in [0.25, 0.3) is 28.4 Å². The van der Waals surface area contributed by atoms with Crippen LogP contribution in [0.5, 0.6) is 5.75 Å². The van der Waals surface area contributed by atoms with Gasteiger partial charge >= 0.3 is 0 Å². The maximum Gasteiger partial charge on any atom is 0.280 e. The van der Waals surface area contributed by atoms with Crippen LogP contribution < -0.4 is 10.3 Å². The smallest absolute Gasteiger partial charge is 0.280 e. The lowest BCUT2D eigenvalue weighted by Crippen LogP contribution is -2.49. The normalized spacial score (nSPS) is 15.1. The minimum Gasteiger partial charge on any atom is -0.493 e. The lowest BCUT2D eigenvalue weighted by molar-refractivity contribution is 0.151. The van der Waals surface area contributed by atoms with Gasteiger partial charge in [0.15, 0.2) is 5.52 Å². The maximum absolute atomic E-state index is 13.9. The molecule has 1 saturated heterocycles. The lowest BCUT2D eigenvalue weighted by atomic mass is 10.1. The number of sulfonamides is 1. The molecule has 226 valence electrons. The number of β-amino-alcohol motifs (C(OH)–C–C–N with tert-alkyl or cyclic N) is 1. The van der Waals surface area contributed by atoms with E-state index in [1.807, 2.05) is 18.7 Å². The van der Waals surface area contributed by atoms with Crippen molar-refractivity contribution in [2.45, 2.75) is 38.0 Å². The third-order valence-corrected chi connectivity index (χ3v) is 9.27. The standard InChI is InChI=1S/C27H37N9O5S/c1-5-7-21-23-24(36(31-21)27-30-28-18-32(27)3)26(38)33(4)25(29-23)20-17-19(8-9-22(20)41-16-6-2)42(39,40)35-12-10-34(11-13-35)14-15-37/h8-9,17-18,37H,5-7,10-16H2,1-4H3. The van der Waals surface area contributed by atoms with Crippen molar-refractivity contribution in [1.29, 1.82) is 0 Å². The highest BCUT2D eigenvalue weighted by molar-refractivity contribution is 7.89. The van der Waals surface area contributed by atoms with E-state index in [-0.39, 0.29) is 28.4 Å². The van der Waals surface area contributed by atoms with Crippen LogP contribution in [0.4, 0.5) is 0 Å². The molecule has 0 unspecified atom stereocenters. The molecule has 0 saturated carbocycles. The summed E-state index contributed by atoms with van der Waals surface area (Å²) in [6.45, 7) is 6.65. The molecule has 0 amide bonds. The Balaban J connectivity index is 1.66. The molecule has 1 fully saturated rings. The summed E-state index contributed by atoms with van der Waals surface area (Å²) in [5.41, 5.74) is 1.37. The monoisotopic (exact) mass is 599 g/mol. The number of benzene rings is 1. The number of hydrogen-bond acceptors (Lipinski definition) is 10. The number of nitrogens with zero attached hydrogens (tertiary/aromatic N) is 9. The minimum absolute atomic E-state index is 0.0306. The summed E-state index contributed by atoms with van der Waals surface area (Å²) >= 11 is 0. The summed E-state index contributed by atoms with van der Waals surface area (Å²) in [6.07, 6.45) is 3.64. The minimum atomic E-state index is -3.84. The zero-order valence-electron chi connectivity index (χ0n) is 24.4. The zero-order chi connectivity index (χ0) is 30.0. The Kier molecular flexibility index (Phi) is 8.73. The van der Waals surface area contributed by atoms with Crippen molar-refractivity contribution >= 4 is 21.1 Å². The van der Waals surface area contributed by atoms with E-state index in [2.05, 4.69) is 10.2 Å². The molecule has 42 heavy (non-hydrogen) atoms. The van der Waals surface area contributed by atoms with Crippen molar-refractivity contribution in [1.82, 2.24) is 43.3 Å². The average Bonchev–Trinajstić information content (AvgIpc) is 3.57. The second-order valence-electron chi connectivity index (χ2n) is 10.3. The van der Waals surface area contributed by atoms with Gasteiger partial charge in [0, 0.05) is 46.8 Å². The molecule has 0 radical (unpaired) electrons. The second kappa shape index (κ2) is 12.3. The van der Waals surface area contributed by atoms with Gasteiger partial charge in [-0.15, -0.1) is 10.2 Å². The molecular weight excluding hydrogens is 562 g/mol. The predicted octanol–water partition coefficient (Wildman–Crippen LogP) is 0.955. The quantitative estimate of drug-likeness (QED) is 0.264. The van der Waals surface area contributed by atoms with Gasteiger partial charge in [-0.2, -0.15) is 14.1 Å². The number of fused-ring (bicyclic) bond motifs is 1. The number of aromatic nitrogens is 7. The van der Waals surface area contributed by atoms with Gasteiger partial charge in [-0.05, 0) is 31.0 Å². The molecule has 0 aliphatic carbocycles. The van der Waals surface area contributed by atoms with Gasteiger partial charge in [0.25, 0.3) is 11.5 Å². The molecule has 14 nitrogen and oxygen atoms in total. The zero-order valence-corrected chi connectivity index (χ0v) is 25.2. The van der Waals surface area contributed by atoms with Crippen LogP contribution in [0, 0.1) is 0 Å². The summed E-state index contributed by atoms with van der Waals surface area (Å²) in [7, 11) is -0.473. The van der Waals surface area contributed by atoms with Gasteiger partial charge in [-0.1, -0.05) is 20.3 Å². The largest absolute Gasteiger partial charge is 0.493 e. The van der Waals surface area contributed by atoms with Crippen LogP contribution in [0.1, 0.15) is 32.4 Å². The summed E-state index contributed by atoms with van der Waals surface area (Å²) in [6, 6.07) is 4.71. The first kappa shape index (κ1) is 29.8. The number of ether oxygens (including phenoxy) is 1. The third kappa shape index (κ3) is 5.44. The van der Waals surface area contributed by atoms with Crippen molar-refractivity contribution < 1.29 is 18.3 Å². The molecule has 0 atom stereocenters. The summed E-state index contributed by atoms with van der Waals surface area (Å²) in [5, 5.41) is 22.0. The second-order valence-corrected chi connectivity index (χ2v) is 12.3. The number of aryl methyl sites for hydroxylation is 2. The maximum atomic E-state index is 13.9. The van der Waals surface area contributed by atoms with Gasteiger partial charge in [-0.3, -0.25) is 14.3 Å². The van der Waals surface area contributed by atoms with Crippen LogP contribution in [0.2, 0.25) is 0 Å². The summed E-state index contributed by atoms with van der Waals surface area (Å²) in [4.78, 5) is 21.0. The molecule has 4 heterocycles. The van der Waals surface area contributed by atoms with Crippen molar-refractivity contribution in [3.05, 3.63) is 40.6 Å². The molecule has 1 N–H and O–H groups in total. The van der Waals surface area contributed by atoms with Crippen LogP contribution >= 0.6 is 0 Å². The molecule has 0 spiro atoms. The topological polar surface area (TPSA) is 154 Å². The Bertz CT molecular complexity index is 1740. The number of hydrogen-bond donors (Lipinski definition) is 1. The Morgan fingerprint density at radius 2 is 1.83 bits per heavy atom. The molecule has 5 rings (SSSR count). The highest BCUT2D eigenvalue weighted by Gasteiger charge is 2.30. The highest BCUT2D eigenvalue weighted by atomic mass is 32.2. The number of piperazine rings is 1. The Morgan fingerprint density at radius 3 is 2.48 bits per heavy atom. The van der Waals surface area contributed by atoms with E-state index < -0.39 is 10.0 Å². The van der Waals surface area contributed by atoms with Crippen LogP contribution in [-0.4, -0.2) is 103 Å². The van der Waals surface area contributed by atoms with E-state index in [1.54, 1.807) is 30.8 Å². The van der Waals surface area contributed by atoms with Crippen LogP contribution in [0.15, 0.2) is 34.2 Å². The van der Waals surface area contributed by atoms with Crippen LogP contribution in [0.3, 0.4) is 0 Å². The first-order valence-electron chi connectivity index (χ1n) is 14.1. The van der Waals surface area contributed by atoms with E-state index in [0.717, 1.165) is 12.8 Å². The number of rotatable bonds is 11. The molecule has 0 bridgehead atoms. The van der Waals surface area contributed by atoms with E-state index in [1.165, 1.54) is 25.9 Å². The van der Waals surface area contributed by atoms with Crippen molar-refractivity contribution in [2.24, 2.45) is 14.1 Å².